The van der Waals surface area contributed by atoms with E-state index in [0.717, 1.165) is 22.3 Å². The van der Waals surface area contributed by atoms with E-state index >= 15 is 0 Å². The van der Waals surface area contributed by atoms with Crippen LogP contribution in [0.2, 0.25) is 0 Å². The van der Waals surface area contributed by atoms with Gasteiger partial charge in [-0.05, 0) is 82.2 Å². The maximum absolute atomic E-state index is 12.4. The Morgan fingerprint density at radius 3 is 1.96 bits per heavy atom. The lowest BCUT2D eigenvalue weighted by molar-refractivity contribution is -0.143. The monoisotopic (exact) mass is 320 g/mol. The minimum Gasteiger partial charge on any atom is -0.466 e. The summed E-state index contributed by atoms with van der Waals surface area (Å²) in [6, 6.07) is 0. The zero-order chi connectivity index (χ0) is 17.6. The molecule has 0 aliphatic rings. The van der Waals surface area contributed by atoms with Crippen molar-refractivity contribution in [1.29, 1.82) is 0 Å². The minimum absolute atomic E-state index is 0.191. The first-order valence-corrected chi connectivity index (χ1v) is 8.27. The molecule has 1 aromatic rings. The van der Waals surface area contributed by atoms with Crippen molar-refractivity contribution in [2.45, 2.75) is 60.8 Å². The van der Waals surface area contributed by atoms with Gasteiger partial charge in [0.2, 0.25) is 0 Å². The molecule has 0 aliphatic carbocycles. The lowest BCUT2D eigenvalue weighted by Gasteiger charge is -2.20. The highest BCUT2D eigenvalue weighted by Gasteiger charge is 2.21. The van der Waals surface area contributed by atoms with Crippen molar-refractivity contribution in [3.63, 3.8) is 0 Å². The van der Waals surface area contributed by atoms with E-state index in [0.29, 0.717) is 38.0 Å². The van der Waals surface area contributed by atoms with Gasteiger partial charge in [-0.25, -0.2) is 4.79 Å². The number of carbonyl (C=O) groups is 2. The minimum atomic E-state index is -0.276. The van der Waals surface area contributed by atoms with E-state index < -0.39 is 0 Å². The van der Waals surface area contributed by atoms with Crippen LogP contribution in [-0.4, -0.2) is 25.2 Å². The van der Waals surface area contributed by atoms with Crippen LogP contribution in [0.25, 0.3) is 0 Å². The van der Waals surface area contributed by atoms with E-state index in [2.05, 4.69) is 6.92 Å². The van der Waals surface area contributed by atoms with Gasteiger partial charge in [-0.15, -0.1) is 0 Å². The SMILES string of the molecule is CCOC(=O)CCCc1c(C)c(C)c(C)c(C)c1C(=O)OCC. The van der Waals surface area contributed by atoms with Crippen LogP contribution < -0.4 is 0 Å². The van der Waals surface area contributed by atoms with Crippen LogP contribution in [0.5, 0.6) is 0 Å². The number of carbonyl (C=O) groups excluding carboxylic acids is 2. The fraction of sp³-hybridized carbons (Fsp3) is 0.579. The summed E-state index contributed by atoms with van der Waals surface area (Å²) in [5.41, 5.74) is 6.06. The lowest BCUT2D eigenvalue weighted by atomic mass is 9.86. The van der Waals surface area contributed by atoms with Gasteiger partial charge in [-0.1, -0.05) is 0 Å². The average molecular weight is 320 g/mol. The van der Waals surface area contributed by atoms with Crippen LogP contribution in [0.4, 0.5) is 0 Å². The molecule has 1 aromatic carbocycles. The smallest absolute Gasteiger partial charge is 0.338 e. The van der Waals surface area contributed by atoms with E-state index in [1.165, 1.54) is 5.56 Å². The highest BCUT2D eigenvalue weighted by atomic mass is 16.5. The number of ether oxygens (including phenoxy) is 2. The third-order valence-electron chi connectivity index (χ3n) is 4.41. The molecule has 0 saturated heterocycles. The largest absolute Gasteiger partial charge is 0.466 e. The fourth-order valence-electron chi connectivity index (χ4n) is 2.82. The predicted octanol–water partition coefficient (Wildman–Crippen LogP) is 3.98. The topological polar surface area (TPSA) is 52.6 Å². The summed E-state index contributed by atoms with van der Waals surface area (Å²) in [5.74, 6) is -0.467. The van der Waals surface area contributed by atoms with E-state index in [1.807, 2.05) is 27.7 Å². The van der Waals surface area contributed by atoms with Crippen molar-refractivity contribution in [3.05, 3.63) is 33.4 Å². The molecule has 23 heavy (non-hydrogen) atoms. The van der Waals surface area contributed by atoms with Gasteiger partial charge < -0.3 is 9.47 Å². The van der Waals surface area contributed by atoms with Gasteiger partial charge in [0.1, 0.15) is 0 Å². The third kappa shape index (κ3) is 4.57. The van der Waals surface area contributed by atoms with Crippen LogP contribution in [-0.2, 0) is 20.7 Å². The van der Waals surface area contributed by atoms with Crippen molar-refractivity contribution >= 4 is 11.9 Å². The highest BCUT2D eigenvalue weighted by molar-refractivity contribution is 5.94. The second kappa shape index (κ2) is 8.70. The Morgan fingerprint density at radius 2 is 1.39 bits per heavy atom. The van der Waals surface area contributed by atoms with Gasteiger partial charge in [-0.2, -0.15) is 0 Å². The molecular weight excluding hydrogens is 292 g/mol. The Morgan fingerprint density at radius 1 is 0.826 bits per heavy atom. The van der Waals surface area contributed by atoms with Crippen molar-refractivity contribution in [1.82, 2.24) is 0 Å². The van der Waals surface area contributed by atoms with Crippen molar-refractivity contribution in [2.75, 3.05) is 13.2 Å². The summed E-state index contributed by atoms with van der Waals surface area (Å²) in [6.07, 6.45) is 1.69. The zero-order valence-corrected chi connectivity index (χ0v) is 15.2. The summed E-state index contributed by atoms with van der Waals surface area (Å²) < 4.78 is 10.2. The summed E-state index contributed by atoms with van der Waals surface area (Å²) >= 11 is 0. The number of hydrogen-bond acceptors (Lipinski definition) is 4. The molecule has 0 radical (unpaired) electrons. The van der Waals surface area contributed by atoms with Crippen LogP contribution in [0.3, 0.4) is 0 Å². The van der Waals surface area contributed by atoms with Gasteiger partial charge in [0.25, 0.3) is 0 Å². The van der Waals surface area contributed by atoms with Crippen molar-refractivity contribution in [3.8, 4) is 0 Å². The summed E-state index contributed by atoms with van der Waals surface area (Å²) in [4.78, 5) is 23.9. The molecule has 0 unspecified atom stereocenters. The highest BCUT2D eigenvalue weighted by Crippen LogP contribution is 2.28. The Balaban J connectivity index is 3.13. The Hall–Kier alpha value is -1.84. The summed E-state index contributed by atoms with van der Waals surface area (Å²) in [6.45, 7) is 12.5. The molecule has 0 bridgehead atoms. The normalized spacial score (nSPS) is 10.5. The fourth-order valence-corrected chi connectivity index (χ4v) is 2.82. The first kappa shape index (κ1) is 19.2. The zero-order valence-electron chi connectivity index (χ0n) is 15.2. The molecule has 128 valence electrons. The number of esters is 2. The number of hydrogen-bond donors (Lipinski definition) is 0. The molecule has 1 rings (SSSR count). The number of benzene rings is 1. The summed E-state index contributed by atoms with van der Waals surface area (Å²) in [5, 5.41) is 0. The van der Waals surface area contributed by atoms with Gasteiger partial charge in [0, 0.05) is 6.42 Å². The van der Waals surface area contributed by atoms with Gasteiger partial charge in [-0.3, -0.25) is 4.79 Å². The standard InChI is InChI=1S/C19H28O4/c1-7-22-17(20)11-9-10-16-14(5)12(3)13(4)15(6)18(16)19(21)23-8-2/h7-11H2,1-6H3. The molecule has 4 heteroatoms. The molecule has 0 spiro atoms. The van der Waals surface area contributed by atoms with E-state index in [1.54, 1.807) is 6.92 Å². The van der Waals surface area contributed by atoms with Crippen LogP contribution in [0, 0.1) is 27.7 Å². The van der Waals surface area contributed by atoms with Crippen LogP contribution in [0.1, 0.15) is 64.9 Å². The third-order valence-corrected chi connectivity index (χ3v) is 4.41. The molecule has 0 aromatic heterocycles. The second-order valence-electron chi connectivity index (χ2n) is 5.73. The first-order valence-electron chi connectivity index (χ1n) is 8.27. The van der Waals surface area contributed by atoms with E-state index in [4.69, 9.17) is 9.47 Å². The molecule has 0 fully saturated rings. The van der Waals surface area contributed by atoms with Gasteiger partial charge in [0.15, 0.2) is 0 Å². The van der Waals surface area contributed by atoms with Gasteiger partial charge >= 0.3 is 11.9 Å². The van der Waals surface area contributed by atoms with E-state index in [9.17, 15) is 9.59 Å². The number of rotatable bonds is 7. The quantitative estimate of drug-likeness (QED) is 0.713. The summed E-state index contributed by atoms with van der Waals surface area (Å²) in [7, 11) is 0. The second-order valence-corrected chi connectivity index (χ2v) is 5.73. The van der Waals surface area contributed by atoms with Gasteiger partial charge in [0.05, 0.1) is 18.8 Å². The maximum atomic E-state index is 12.4. The van der Waals surface area contributed by atoms with Crippen LogP contribution in [0.15, 0.2) is 0 Å². The Kier molecular flexibility index (Phi) is 7.27. The molecule has 0 N–H and O–H groups in total. The maximum Gasteiger partial charge on any atom is 0.338 e. The Bertz CT molecular complexity index is 588. The van der Waals surface area contributed by atoms with Crippen molar-refractivity contribution in [2.24, 2.45) is 0 Å². The molecule has 0 saturated carbocycles. The first-order chi connectivity index (χ1) is 10.8. The molecular formula is C19H28O4. The van der Waals surface area contributed by atoms with Crippen molar-refractivity contribution < 1.29 is 19.1 Å². The molecule has 4 nitrogen and oxygen atoms in total. The molecule has 0 atom stereocenters. The lowest BCUT2D eigenvalue weighted by Crippen LogP contribution is -2.15. The molecule has 0 heterocycles. The van der Waals surface area contributed by atoms with E-state index in [-0.39, 0.29) is 11.9 Å². The predicted molar refractivity (Wildman–Crippen MR) is 90.9 cm³/mol. The average Bonchev–Trinajstić information content (AvgIpc) is 2.50. The Labute approximate surface area is 139 Å². The molecule has 0 amide bonds. The molecule has 0 aliphatic heterocycles. The van der Waals surface area contributed by atoms with Crippen LogP contribution >= 0.6 is 0 Å².